The highest BCUT2D eigenvalue weighted by molar-refractivity contribution is 5.77. The van der Waals surface area contributed by atoms with Gasteiger partial charge in [0.25, 0.3) is 0 Å². The summed E-state index contributed by atoms with van der Waals surface area (Å²) in [6, 6.07) is 13.9. The van der Waals surface area contributed by atoms with Crippen LogP contribution in [0.15, 0.2) is 42.5 Å². The molecule has 1 N–H and O–H groups in total. The van der Waals surface area contributed by atoms with Crippen molar-refractivity contribution >= 4 is 22.8 Å². The molecule has 1 atom stereocenters. The van der Waals surface area contributed by atoms with E-state index < -0.39 is 0 Å². The number of para-hydroxylation sites is 2. The van der Waals surface area contributed by atoms with Crippen LogP contribution in [0.2, 0.25) is 0 Å². The SMILES string of the molecule is CCOc1nc2ccccc2nc1C(C)NC(=O)N1CCN(c2cc(C)cc(C)c2)CC1. The van der Waals surface area contributed by atoms with Gasteiger partial charge in [-0.1, -0.05) is 18.2 Å². The van der Waals surface area contributed by atoms with E-state index in [-0.39, 0.29) is 12.1 Å². The predicted octanol–water partition coefficient (Wildman–Crippen LogP) is 4.24. The van der Waals surface area contributed by atoms with Crippen molar-refractivity contribution in [1.82, 2.24) is 20.2 Å². The molecular formula is C25H31N5O2. The van der Waals surface area contributed by atoms with E-state index in [0.717, 1.165) is 24.1 Å². The maximum Gasteiger partial charge on any atom is 0.318 e. The van der Waals surface area contributed by atoms with E-state index in [1.807, 2.05) is 43.0 Å². The minimum Gasteiger partial charge on any atom is -0.477 e. The maximum atomic E-state index is 13.0. The smallest absolute Gasteiger partial charge is 0.318 e. The van der Waals surface area contributed by atoms with Gasteiger partial charge in [-0.05, 0) is 63.1 Å². The Morgan fingerprint density at radius 3 is 2.28 bits per heavy atom. The van der Waals surface area contributed by atoms with Gasteiger partial charge in [0, 0.05) is 31.9 Å². The van der Waals surface area contributed by atoms with Crippen molar-refractivity contribution in [3.63, 3.8) is 0 Å². The molecule has 4 rings (SSSR count). The molecular weight excluding hydrogens is 402 g/mol. The number of rotatable bonds is 5. The lowest BCUT2D eigenvalue weighted by atomic mass is 10.1. The van der Waals surface area contributed by atoms with Crippen LogP contribution >= 0.6 is 0 Å². The molecule has 1 aromatic heterocycles. The van der Waals surface area contributed by atoms with Gasteiger partial charge in [0.15, 0.2) is 0 Å². The van der Waals surface area contributed by atoms with Crippen LogP contribution in [0.4, 0.5) is 10.5 Å². The van der Waals surface area contributed by atoms with E-state index in [9.17, 15) is 4.79 Å². The lowest BCUT2D eigenvalue weighted by molar-refractivity contribution is 0.190. The molecule has 168 valence electrons. The number of aryl methyl sites for hydroxylation is 2. The zero-order chi connectivity index (χ0) is 22.7. The summed E-state index contributed by atoms with van der Waals surface area (Å²) in [6.07, 6.45) is 0. The Labute approximate surface area is 189 Å². The Balaban J connectivity index is 1.42. The number of aromatic nitrogens is 2. The lowest BCUT2D eigenvalue weighted by Gasteiger charge is -2.36. The van der Waals surface area contributed by atoms with Gasteiger partial charge in [0.2, 0.25) is 5.88 Å². The first-order valence-corrected chi connectivity index (χ1v) is 11.2. The fraction of sp³-hybridized carbons (Fsp3) is 0.400. The van der Waals surface area contributed by atoms with Gasteiger partial charge in [0.1, 0.15) is 5.69 Å². The highest BCUT2D eigenvalue weighted by Gasteiger charge is 2.25. The fourth-order valence-electron chi connectivity index (χ4n) is 4.17. The second kappa shape index (κ2) is 9.42. The number of nitrogens with zero attached hydrogens (tertiary/aromatic N) is 4. The van der Waals surface area contributed by atoms with Crippen molar-refractivity contribution in [2.24, 2.45) is 0 Å². The molecule has 1 saturated heterocycles. The van der Waals surface area contributed by atoms with Gasteiger partial charge in [-0.15, -0.1) is 0 Å². The molecule has 2 aromatic carbocycles. The van der Waals surface area contributed by atoms with E-state index in [2.05, 4.69) is 47.2 Å². The summed E-state index contributed by atoms with van der Waals surface area (Å²) >= 11 is 0. The van der Waals surface area contributed by atoms with Gasteiger partial charge in [-0.3, -0.25) is 0 Å². The number of carbonyl (C=O) groups excluding carboxylic acids is 1. The summed E-state index contributed by atoms with van der Waals surface area (Å²) in [5.41, 5.74) is 5.96. The van der Waals surface area contributed by atoms with Gasteiger partial charge < -0.3 is 19.9 Å². The molecule has 1 aliphatic rings. The second-order valence-corrected chi connectivity index (χ2v) is 8.33. The number of hydrogen-bond donors (Lipinski definition) is 1. The minimum absolute atomic E-state index is 0.0880. The summed E-state index contributed by atoms with van der Waals surface area (Å²) in [7, 11) is 0. The Morgan fingerprint density at radius 1 is 1.03 bits per heavy atom. The van der Waals surface area contributed by atoms with Gasteiger partial charge in [-0.2, -0.15) is 0 Å². The average molecular weight is 434 g/mol. The number of anilines is 1. The van der Waals surface area contributed by atoms with Gasteiger partial charge in [0.05, 0.1) is 23.7 Å². The first-order valence-electron chi connectivity index (χ1n) is 11.2. The number of urea groups is 1. The Morgan fingerprint density at radius 2 is 1.66 bits per heavy atom. The number of amides is 2. The van der Waals surface area contributed by atoms with E-state index in [4.69, 9.17) is 9.72 Å². The van der Waals surface area contributed by atoms with Crippen LogP contribution < -0.4 is 15.0 Å². The molecule has 7 heteroatoms. The molecule has 7 nitrogen and oxygen atoms in total. The summed E-state index contributed by atoms with van der Waals surface area (Å²) < 4.78 is 5.73. The highest BCUT2D eigenvalue weighted by atomic mass is 16.5. The number of ether oxygens (including phenoxy) is 1. The molecule has 0 aliphatic carbocycles. The van der Waals surface area contributed by atoms with E-state index in [1.165, 1.54) is 16.8 Å². The van der Waals surface area contributed by atoms with Crippen LogP contribution in [-0.4, -0.2) is 53.7 Å². The molecule has 0 radical (unpaired) electrons. The molecule has 2 amide bonds. The van der Waals surface area contributed by atoms with Crippen LogP contribution in [0.5, 0.6) is 5.88 Å². The molecule has 32 heavy (non-hydrogen) atoms. The zero-order valence-corrected chi connectivity index (χ0v) is 19.3. The quantitative estimate of drug-likeness (QED) is 0.652. The molecule has 1 aliphatic heterocycles. The monoisotopic (exact) mass is 433 g/mol. The standard InChI is InChI=1S/C25H31N5O2/c1-5-32-24-23(27-21-8-6-7-9-22(21)28-24)19(4)26-25(31)30-12-10-29(11-13-30)20-15-17(2)14-18(3)16-20/h6-9,14-16,19H,5,10-13H2,1-4H3,(H,26,31). The largest absolute Gasteiger partial charge is 0.477 e. The van der Waals surface area contributed by atoms with Crippen molar-refractivity contribution < 1.29 is 9.53 Å². The highest BCUT2D eigenvalue weighted by Crippen LogP contribution is 2.25. The molecule has 3 aromatic rings. The Kier molecular flexibility index (Phi) is 6.44. The number of fused-ring (bicyclic) bond motifs is 1. The van der Waals surface area contributed by atoms with E-state index in [1.54, 1.807) is 0 Å². The zero-order valence-electron chi connectivity index (χ0n) is 19.3. The van der Waals surface area contributed by atoms with Crippen LogP contribution in [0.3, 0.4) is 0 Å². The van der Waals surface area contributed by atoms with Crippen molar-refractivity contribution in [1.29, 1.82) is 0 Å². The van der Waals surface area contributed by atoms with Gasteiger partial charge >= 0.3 is 6.03 Å². The lowest BCUT2D eigenvalue weighted by Crippen LogP contribution is -2.52. The van der Waals surface area contributed by atoms with Crippen molar-refractivity contribution in [3.05, 3.63) is 59.3 Å². The first-order chi connectivity index (χ1) is 15.4. The number of benzene rings is 2. The number of piperazine rings is 1. The molecule has 0 bridgehead atoms. The Bertz CT molecular complexity index is 1090. The molecule has 0 spiro atoms. The fourth-order valence-corrected chi connectivity index (χ4v) is 4.17. The minimum atomic E-state index is -0.321. The number of hydrogen-bond acceptors (Lipinski definition) is 5. The third-order valence-corrected chi connectivity index (χ3v) is 5.73. The molecule has 2 heterocycles. The molecule has 1 fully saturated rings. The van der Waals surface area contributed by atoms with Crippen molar-refractivity contribution in [2.75, 3.05) is 37.7 Å². The summed E-state index contributed by atoms with van der Waals surface area (Å²) in [5.74, 6) is 0.471. The topological polar surface area (TPSA) is 70.6 Å². The maximum absolute atomic E-state index is 13.0. The summed E-state index contributed by atoms with van der Waals surface area (Å²) in [6.45, 7) is 11.5. The van der Waals surface area contributed by atoms with Crippen LogP contribution in [0, 0.1) is 13.8 Å². The molecule has 0 saturated carbocycles. The summed E-state index contributed by atoms with van der Waals surface area (Å²) in [4.78, 5) is 26.5. The van der Waals surface area contributed by atoms with E-state index >= 15 is 0 Å². The van der Waals surface area contributed by atoms with Gasteiger partial charge in [-0.25, -0.2) is 14.8 Å². The van der Waals surface area contributed by atoms with Crippen LogP contribution in [0.25, 0.3) is 11.0 Å². The van der Waals surface area contributed by atoms with Crippen LogP contribution in [0.1, 0.15) is 36.7 Å². The predicted molar refractivity (Wildman–Crippen MR) is 127 cm³/mol. The summed E-state index contributed by atoms with van der Waals surface area (Å²) in [5, 5.41) is 3.09. The molecule has 1 unspecified atom stereocenters. The van der Waals surface area contributed by atoms with E-state index in [0.29, 0.717) is 31.3 Å². The average Bonchev–Trinajstić information content (AvgIpc) is 2.78. The number of carbonyl (C=O) groups is 1. The normalized spacial score (nSPS) is 15.0. The number of nitrogens with one attached hydrogen (secondary N) is 1. The van der Waals surface area contributed by atoms with Crippen LogP contribution in [-0.2, 0) is 0 Å². The first kappa shape index (κ1) is 21.9. The second-order valence-electron chi connectivity index (χ2n) is 8.33. The van der Waals surface area contributed by atoms with Crippen molar-refractivity contribution in [3.8, 4) is 5.88 Å². The third-order valence-electron chi connectivity index (χ3n) is 5.73. The van der Waals surface area contributed by atoms with Crippen molar-refractivity contribution in [2.45, 2.75) is 33.7 Å². The third kappa shape index (κ3) is 4.77. The Hall–Kier alpha value is -3.35.